The molecule has 20 heavy (non-hydrogen) atoms. The van der Waals surface area contributed by atoms with Crippen LogP contribution in [0, 0.1) is 6.92 Å². The smallest absolute Gasteiger partial charge is 0.209 e. The van der Waals surface area contributed by atoms with Crippen molar-refractivity contribution >= 4 is 32.9 Å². The van der Waals surface area contributed by atoms with Gasteiger partial charge in [0.15, 0.2) is 0 Å². The van der Waals surface area contributed by atoms with Gasteiger partial charge in [-0.15, -0.1) is 0 Å². The first-order valence-electron chi connectivity index (χ1n) is 6.13. The Kier molecular flexibility index (Phi) is 5.12. The van der Waals surface area contributed by atoms with Crippen LogP contribution in [0.5, 0.6) is 0 Å². The van der Waals surface area contributed by atoms with Crippen LogP contribution in [0.15, 0.2) is 18.2 Å². The van der Waals surface area contributed by atoms with Crippen molar-refractivity contribution in [1.29, 1.82) is 0 Å². The van der Waals surface area contributed by atoms with Crippen LogP contribution in [0.1, 0.15) is 25.0 Å². The fraction of sp³-hybridized carbons (Fsp3) is 0.462. The second-order valence-electron chi connectivity index (χ2n) is 5.51. The molecule has 0 heterocycles. The molecule has 7 heteroatoms. The molecular formula is C13H21N3O2S2. The number of rotatable bonds is 6. The highest BCUT2D eigenvalue weighted by Crippen LogP contribution is 2.16. The molecule has 0 saturated heterocycles. The lowest BCUT2D eigenvalue weighted by atomic mass is 10.1. The quantitative estimate of drug-likeness (QED) is 0.691. The molecule has 0 fully saturated rings. The summed E-state index contributed by atoms with van der Waals surface area (Å²) in [5.74, 6) is 0. The van der Waals surface area contributed by atoms with Crippen LogP contribution in [-0.4, -0.2) is 31.7 Å². The van der Waals surface area contributed by atoms with Gasteiger partial charge in [-0.25, -0.2) is 13.1 Å². The first-order valence-corrected chi connectivity index (χ1v) is 8.43. The number of nitrogens with two attached hydrogens (primary N) is 1. The molecule has 0 spiro atoms. The highest BCUT2D eigenvalue weighted by Gasteiger charge is 2.21. The van der Waals surface area contributed by atoms with E-state index in [-0.39, 0.29) is 0 Å². The first kappa shape index (κ1) is 16.9. The Morgan fingerprint density at radius 3 is 2.45 bits per heavy atom. The lowest BCUT2D eigenvalue weighted by Gasteiger charge is -2.26. The van der Waals surface area contributed by atoms with Gasteiger partial charge in [0.05, 0.1) is 6.26 Å². The molecule has 1 aromatic carbocycles. The van der Waals surface area contributed by atoms with E-state index >= 15 is 0 Å². The lowest BCUT2D eigenvalue weighted by Crippen LogP contribution is -2.47. The van der Waals surface area contributed by atoms with Crippen LogP contribution in [-0.2, 0) is 10.0 Å². The third-order valence-corrected chi connectivity index (χ3v) is 3.83. The zero-order valence-corrected chi connectivity index (χ0v) is 13.8. The van der Waals surface area contributed by atoms with E-state index < -0.39 is 15.6 Å². The van der Waals surface area contributed by atoms with Crippen LogP contribution in [0.2, 0.25) is 0 Å². The molecule has 0 saturated carbocycles. The van der Waals surface area contributed by atoms with Gasteiger partial charge in [0.2, 0.25) is 10.0 Å². The van der Waals surface area contributed by atoms with Gasteiger partial charge in [0.1, 0.15) is 4.99 Å². The van der Waals surface area contributed by atoms with Crippen molar-refractivity contribution in [2.75, 3.05) is 18.1 Å². The fourth-order valence-corrected chi connectivity index (χ4v) is 3.22. The van der Waals surface area contributed by atoms with Gasteiger partial charge in [-0.05, 0) is 44.5 Å². The Morgan fingerprint density at radius 2 is 2.00 bits per heavy atom. The topological polar surface area (TPSA) is 84.2 Å². The summed E-state index contributed by atoms with van der Waals surface area (Å²) < 4.78 is 25.1. The molecule has 0 radical (unpaired) electrons. The number of thiocarbonyl (C=S) groups is 1. The summed E-state index contributed by atoms with van der Waals surface area (Å²) in [5.41, 5.74) is 7.76. The van der Waals surface area contributed by atoms with Crippen molar-refractivity contribution in [3.63, 3.8) is 0 Å². The second kappa shape index (κ2) is 6.07. The summed E-state index contributed by atoms with van der Waals surface area (Å²) >= 11 is 4.96. The van der Waals surface area contributed by atoms with Gasteiger partial charge in [-0.3, -0.25) is 0 Å². The molecule has 0 aliphatic heterocycles. The predicted octanol–water partition coefficient (Wildman–Crippen LogP) is 1.37. The van der Waals surface area contributed by atoms with Gasteiger partial charge in [0.25, 0.3) is 0 Å². The van der Waals surface area contributed by atoms with Gasteiger partial charge in [-0.1, -0.05) is 12.2 Å². The molecule has 1 rings (SSSR count). The zero-order valence-electron chi connectivity index (χ0n) is 12.1. The van der Waals surface area contributed by atoms with Crippen molar-refractivity contribution in [2.45, 2.75) is 26.3 Å². The van der Waals surface area contributed by atoms with E-state index in [1.165, 1.54) is 0 Å². The maximum atomic E-state index is 11.3. The molecule has 0 aliphatic carbocycles. The summed E-state index contributed by atoms with van der Waals surface area (Å²) in [4.78, 5) is 0.369. The molecular weight excluding hydrogens is 294 g/mol. The van der Waals surface area contributed by atoms with Crippen molar-refractivity contribution in [3.8, 4) is 0 Å². The minimum Gasteiger partial charge on any atom is -0.389 e. The summed E-state index contributed by atoms with van der Waals surface area (Å²) in [7, 11) is -3.24. The molecule has 0 atom stereocenters. The standard InChI is InChI=1S/C13H21N3O2S2/c1-9-7-10(5-6-11(9)12(14)19)15-8-13(2,3)16-20(4,17)18/h5-7,15-16H,8H2,1-4H3,(H2,14,19). The van der Waals surface area contributed by atoms with Crippen LogP contribution in [0.4, 0.5) is 5.69 Å². The maximum absolute atomic E-state index is 11.3. The van der Waals surface area contributed by atoms with Crippen molar-refractivity contribution in [3.05, 3.63) is 29.3 Å². The number of nitrogens with one attached hydrogen (secondary N) is 2. The van der Waals surface area contributed by atoms with Crippen LogP contribution in [0.25, 0.3) is 0 Å². The van der Waals surface area contributed by atoms with E-state index in [1.54, 1.807) is 0 Å². The Balaban J connectivity index is 2.76. The lowest BCUT2D eigenvalue weighted by molar-refractivity contribution is 0.476. The van der Waals surface area contributed by atoms with Gasteiger partial charge in [0, 0.05) is 23.3 Å². The highest BCUT2D eigenvalue weighted by atomic mass is 32.2. The molecule has 0 aromatic heterocycles. The van der Waals surface area contributed by atoms with Crippen molar-refractivity contribution in [1.82, 2.24) is 4.72 Å². The van der Waals surface area contributed by atoms with E-state index in [0.717, 1.165) is 23.1 Å². The van der Waals surface area contributed by atoms with Gasteiger partial charge < -0.3 is 11.1 Å². The summed E-state index contributed by atoms with van der Waals surface area (Å²) in [6.07, 6.45) is 1.15. The summed E-state index contributed by atoms with van der Waals surface area (Å²) in [6, 6.07) is 5.67. The largest absolute Gasteiger partial charge is 0.389 e. The van der Waals surface area contributed by atoms with E-state index in [1.807, 2.05) is 39.0 Å². The maximum Gasteiger partial charge on any atom is 0.209 e. The number of hydrogen-bond acceptors (Lipinski definition) is 4. The van der Waals surface area contributed by atoms with Gasteiger partial charge >= 0.3 is 0 Å². The van der Waals surface area contributed by atoms with Crippen molar-refractivity contribution in [2.24, 2.45) is 5.73 Å². The number of hydrogen-bond donors (Lipinski definition) is 3. The number of aryl methyl sites for hydroxylation is 1. The molecule has 1 aromatic rings. The summed E-state index contributed by atoms with van der Waals surface area (Å²) in [6.45, 7) is 6.03. The molecule has 4 N–H and O–H groups in total. The van der Waals surface area contributed by atoms with E-state index in [0.29, 0.717) is 11.5 Å². The van der Waals surface area contributed by atoms with Crippen LogP contribution < -0.4 is 15.8 Å². The molecule has 112 valence electrons. The number of anilines is 1. The second-order valence-corrected chi connectivity index (χ2v) is 7.69. The molecule has 0 unspecified atom stereocenters. The monoisotopic (exact) mass is 315 g/mol. The average Bonchev–Trinajstić information content (AvgIpc) is 2.22. The third kappa shape index (κ3) is 5.44. The highest BCUT2D eigenvalue weighted by molar-refractivity contribution is 7.88. The Bertz CT molecular complexity index is 610. The Morgan fingerprint density at radius 1 is 1.40 bits per heavy atom. The van der Waals surface area contributed by atoms with E-state index in [9.17, 15) is 8.42 Å². The number of sulfonamides is 1. The Labute approximate surface area is 126 Å². The SMILES string of the molecule is Cc1cc(NCC(C)(C)NS(C)(=O)=O)ccc1C(N)=S. The van der Waals surface area contributed by atoms with Crippen LogP contribution in [0.3, 0.4) is 0 Å². The minimum absolute atomic E-state index is 0.369. The average molecular weight is 315 g/mol. The van der Waals surface area contributed by atoms with Gasteiger partial charge in [-0.2, -0.15) is 0 Å². The number of benzene rings is 1. The van der Waals surface area contributed by atoms with E-state index in [2.05, 4.69) is 10.0 Å². The summed E-state index contributed by atoms with van der Waals surface area (Å²) in [5, 5.41) is 3.20. The molecule has 0 aliphatic rings. The van der Waals surface area contributed by atoms with Crippen molar-refractivity contribution < 1.29 is 8.42 Å². The molecule has 0 amide bonds. The van der Waals surface area contributed by atoms with E-state index in [4.69, 9.17) is 18.0 Å². The zero-order chi connectivity index (χ0) is 15.6. The first-order chi connectivity index (χ1) is 9.00. The third-order valence-electron chi connectivity index (χ3n) is 2.69. The normalized spacial score (nSPS) is 12.2. The molecule has 0 bridgehead atoms. The van der Waals surface area contributed by atoms with Crippen LogP contribution >= 0.6 is 12.2 Å². The fourth-order valence-electron chi connectivity index (χ4n) is 1.91. The predicted molar refractivity (Wildman–Crippen MR) is 87.6 cm³/mol. The molecule has 5 nitrogen and oxygen atoms in total. The minimum atomic E-state index is -3.24. The Hall–Kier alpha value is -1.18.